The fraction of sp³-hybridized carbons (Fsp3) is 0.176. The molecule has 132 valence electrons. The van der Waals surface area contributed by atoms with Gasteiger partial charge in [0.15, 0.2) is 0 Å². The fourth-order valence-electron chi connectivity index (χ4n) is 2.08. The Balaban J connectivity index is 1.91. The quantitative estimate of drug-likeness (QED) is 0.775. The Kier molecular flexibility index (Phi) is 5.99. The maximum atomic E-state index is 12.0. The van der Waals surface area contributed by atoms with E-state index in [-0.39, 0.29) is 6.54 Å². The van der Waals surface area contributed by atoms with Gasteiger partial charge in [-0.3, -0.25) is 10.1 Å². The Morgan fingerprint density at radius 2 is 1.56 bits per heavy atom. The van der Waals surface area contributed by atoms with Crippen molar-refractivity contribution in [3.05, 3.63) is 54.6 Å². The first-order valence-corrected chi connectivity index (χ1v) is 7.38. The Hall–Kier alpha value is -3.03. The van der Waals surface area contributed by atoms with E-state index in [0.29, 0.717) is 5.69 Å². The van der Waals surface area contributed by atoms with Crippen molar-refractivity contribution < 1.29 is 22.8 Å². The summed E-state index contributed by atoms with van der Waals surface area (Å²) in [6.45, 7) is -1.76. The number of carbonyl (C=O) groups is 2. The fourth-order valence-corrected chi connectivity index (χ4v) is 2.08. The molecule has 3 N–H and O–H groups in total. The average Bonchev–Trinajstić information content (AvgIpc) is 2.59. The number of amides is 3. The monoisotopic (exact) mass is 351 g/mol. The molecule has 0 unspecified atom stereocenters. The van der Waals surface area contributed by atoms with Gasteiger partial charge in [-0.2, -0.15) is 13.2 Å². The Morgan fingerprint density at radius 1 is 0.920 bits per heavy atom. The molecule has 0 bridgehead atoms. The molecule has 2 aromatic carbocycles. The van der Waals surface area contributed by atoms with Crippen molar-refractivity contribution in [1.82, 2.24) is 10.6 Å². The van der Waals surface area contributed by atoms with Gasteiger partial charge < -0.3 is 10.6 Å². The molecule has 2 rings (SSSR count). The van der Waals surface area contributed by atoms with Gasteiger partial charge in [-0.15, -0.1) is 0 Å². The van der Waals surface area contributed by atoms with Gasteiger partial charge in [-0.25, -0.2) is 4.79 Å². The van der Waals surface area contributed by atoms with Crippen molar-refractivity contribution in [2.45, 2.75) is 6.18 Å². The number of hydrogen-bond acceptors (Lipinski definition) is 3. The smallest absolute Gasteiger partial charge is 0.376 e. The van der Waals surface area contributed by atoms with Crippen LogP contribution in [0.25, 0.3) is 11.1 Å². The number of alkyl halides is 3. The lowest BCUT2D eigenvalue weighted by Crippen LogP contribution is -2.45. The van der Waals surface area contributed by atoms with Crippen LogP contribution in [0.5, 0.6) is 0 Å². The first kappa shape index (κ1) is 18.3. The van der Waals surface area contributed by atoms with Crippen LogP contribution in [-0.4, -0.2) is 31.2 Å². The second-order valence-corrected chi connectivity index (χ2v) is 5.11. The Labute approximate surface area is 142 Å². The molecule has 0 fully saturated rings. The van der Waals surface area contributed by atoms with Crippen LogP contribution in [-0.2, 0) is 4.79 Å². The summed E-state index contributed by atoms with van der Waals surface area (Å²) in [4.78, 5) is 22.9. The number of hydrogen-bond donors (Lipinski definition) is 3. The summed E-state index contributed by atoms with van der Waals surface area (Å²) < 4.78 is 36.0. The summed E-state index contributed by atoms with van der Waals surface area (Å²) in [5, 5.41) is 6.27. The molecule has 0 aliphatic heterocycles. The van der Waals surface area contributed by atoms with E-state index in [0.717, 1.165) is 11.1 Å². The number of para-hydroxylation sites is 1. The minimum absolute atomic E-state index is 0.261. The van der Waals surface area contributed by atoms with Gasteiger partial charge in [-0.05, 0) is 11.6 Å². The molecule has 0 saturated carbocycles. The molecule has 0 aliphatic carbocycles. The van der Waals surface area contributed by atoms with Crippen molar-refractivity contribution in [1.29, 1.82) is 0 Å². The van der Waals surface area contributed by atoms with Crippen molar-refractivity contribution in [3.8, 4) is 11.1 Å². The molecule has 0 aliphatic rings. The zero-order valence-electron chi connectivity index (χ0n) is 13.1. The minimum atomic E-state index is -4.53. The molecule has 0 saturated heterocycles. The zero-order valence-corrected chi connectivity index (χ0v) is 13.1. The van der Waals surface area contributed by atoms with E-state index in [2.05, 4.69) is 5.32 Å². The van der Waals surface area contributed by atoms with Crippen LogP contribution < -0.4 is 16.0 Å². The van der Waals surface area contributed by atoms with E-state index < -0.39 is 24.7 Å². The third-order valence-electron chi connectivity index (χ3n) is 3.15. The molecular weight excluding hydrogens is 335 g/mol. The van der Waals surface area contributed by atoms with Crippen LogP contribution in [0.4, 0.5) is 23.7 Å². The van der Waals surface area contributed by atoms with Gasteiger partial charge in [0, 0.05) is 11.3 Å². The molecule has 0 spiro atoms. The van der Waals surface area contributed by atoms with Gasteiger partial charge in [-0.1, -0.05) is 48.5 Å². The Bertz CT molecular complexity index is 733. The lowest BCUT2D eigenvalue weighted by molar-refractivity contribution is -0.124. The van der Waals surface area contributed by atoms with Crippen LogP contribution >= 0.6 is 0 Å². The molecule has 2 aromatic rings. The van der Waals surface area contributed by atoms with Gasteiger partial charge >= 0.3 is 12.2 Å². The Morgan fingerprint density at radius 3 is 2.24 bits per heavy atom. The van der Waals surface area contributed by atoms with Crippen molar-refractivity contribution >= 4 is 17.6 Å². The van der Waals surface area contributed by atoms with E-state index in [4.69, 9.17) is 0 Å². The van der Waals surface area contributed by atoms with Crippen LogP contribution in [0.15, 0.2) is 54.6 Å². The SMILES string of the molecule is O=C(CNc1ccccc1-c1ccccc1)NC(=O)NCC(F)(F)F. The summed E-state index contributed by atoms with van der Waals surface area (Å²) in [5.74, 6) is -0.748. The van der Waals surface area contributed by atoms with Crippen LogP contribution in [0.2, 0.25) is 0 Å². The number of rotatable bonds is 5. The van der Waals surface area contributed by atoms with Crippen LogP contribution in [0.3, 0.4) is 0 Å². The molecule has 25 heavy (non-hydrogen) atoms. The number of urea groups is 1. The first-order valence-electron chi connectivity index (χ1n) is 7.38. The molecular formula is C17H16F3N3O2. The second kappa shape index (κ2) is 8.18. The minimum Gasteiger partial charge on any atom is -0.376 e. The van der Waals surface area contributed by atoms with E-state index in [1.165, 1.54) is 0 Å². The highest BCUT2D eigenvalue weighted by Crippen LogP contribution is 2.27. The zero-order chi connectivity index (χ0) is 18.3. The van der Waals surface area contributed by atoms with E-state index in [1.807, 2.05) is 47.8 Å². The second-order valence-electron chi connectivity index (χ2n) is 5.11. The van der Waals surface area contributed by atoms with Gasteiger partial charge in [0.2, 0.25) is 5.91 Å². The molecule has 3 amide bonds. The number of carbonyl (C=O) groups excluding carboxylic acids is 2. The standard InChI is InChI=1S/C17H16F3N3O2/c18-17(19,20)11-22-16(25)23-15(24)10-21-14-9-5-4-8-13(14)12-6-2-1-3-7-12/h1-9,21H,10-11H2,(H2,22,23,24,25). The predicted molar refractivity (Wildman–Crippen MR) is 88.0 cm³/mol. The molecule has 0 radical (unpaired) electrons. The van der Waals surface area contributed by atoms with Crippen molar-refractivity contribution in [3.63, 3.8) is 0 Å². The maximum absolute atomic E-state index is 12.0. The third-order valence-corrected chi connectivity index (χ3v) is 3.15. The largest absolute Gasteiger partial charge is 0.405 e. The van der Waals surface area contributed by atoms with E-state index >= 15 is 0 Å². The summed E-state index contributed by atoms with van der Waals surface area (Å²) in [7, 11) is 0. The van der Waals surface area contributed by atoms with Gasteiger partial charge in [0.25, 0.3) is 0 Å². The highest BCUT2D eigenvalue weighted by molar-refractivity contribution is 5.96. The number of nitrogens with one attached hydrogen (secondary N) is 3. The number of anilines is 1. The summed E-state index contributed by atoms with van der Waals surface area (Å²) in [6, 6.07) is 15.5. The summed E-state index contributed by atoms with van der Waals surface area (Å²) in [5.41, 5.74) is 2.46. The molecule has 0 atom stereocenters. The summed E-state index contributed by atoms with van der Waals surface area (Å²) in [6.07, 6.45) is -4.53. The van der Waals surface area contributed by atoms with Crippen LogP contribution in [0, 0.1) is 0 Å². The van der Waals surface area contributed by atoms with E-state index in [9.17, 15) is 22.8 Å². The topological polar surface area (TPSA) is 70.2 Å². The van der Waals surface area contributed by atoms with Crippen molar-refractivity contribution in [2.24, 2.45) is 0 Å². The summed E-state index contributed by atoms with van der Waals surface area (Å²) >= 11 is 0. The molecule has 8 heteroatoms. The van der Waals surface area contributed by atoms with E-state index in [1.54, 1.807) is 17.4 Å². The number of halogens is 3. The predicted octanol–water partition coefficient (Wildman–Crippen LogP) is 3.15. The third kappa shape index (κ3) is 6.17. The van der Waals surface area contributed by atoms with Crippen LogP contribution in [0.1, 0.15) is 0 Å². The average molecular weight is 351 g/mol. The number of imide groups is 1. The molecule has 5 nitrogen and oxygen atoms in total. The lowest BCUT2D eigenvalue weighted by atomic mass is 10.0. The first-order chi connectivity index (χ1) is 11.8. The highest BCUT2D eigenvalue weighted by Gasteiger charge is 2.27. The number of benzene rings is 2. The molecule has 0 heterocycles. The van der Waals surface area contributed by atoms with Gasteiger partial charge in [0.1, 0.15) is 6.54 Å². The van der Waals surface area contributed by atoms with Gasteiger partial charge in [0.05, 0.1) is 6.54 Å². The maximum Gasteiger partial charge on any atom is 0.405 e. The van der Waals surface area contributed by atoms with Crippen molar-refractivity contribution in [2.75, 3.05) is 18.4 Å². The highest BCUT2D eigenvalue weighted by atomic mass is 19.4. The molecule has 0 aromatic heterocycles. The lowest BCUT2D eigenvalue weighted by Gasteiger charge is -2.12. The normalized spacial score (nSPS) is 10.8.